The van der Waals surface area contributed by atoms with Crippen molar-refractivity contribution >= 4 is 0 Å². The zero-order valence-electron chi connectivity index (χ0n) is 20.4. The molecule has 1 aliphatic carbocycles. The monoisotopic (exact) mass is 671 g/mol. The molecular formula is C33H24IrN3O-. The van der Waals surface area contributed by atoms with E-state index in [2.05, 4.69) is 76.8 Å². The van der Waals surface area contributed by atoms with Gasteiger partial charge in [-0.15, -0.1) is 6.07 Å². The van der Waals surface area contributed by atoms with Crippen molar-refractivity contribution in [1.82, 2.24) is 14.8 Å². The Kier molecular flexibility index (Phi) is 7.32. The van der Waals surface area contributed by atoms with Crippen molar-refractivity contribution in [1.29, 1.82) is 0 Å². The van der Waals surface area contributed by atoms with Gasteiger partial charge in [-0.1, -0.05) is 78.9 Å². The number of aromatic nitrogens is 3. The van der Waals surface area contributed by atoms with Crippen LogP contribution >= 0.6 is 0 Å². The summed E-state index contributed by atoms with van der Waals surface area (Å²) < 4.78 is 1.78. The predicted octanol–water partition coefficient (Wildman–Crippen LogP) is 6.82. The first-order chi connectivity index (χ1) is 18.3. The van der Waals surface area contributed by atoms with Gasteiger partial charge in [0.25, 0.3) is 0 Å². The third-order valence-corrected chi connectivity index (χ3v) is 6.75. The first-order valence-electron chi connectivity index (χ1n) is 12.2. The zero-order valence-corrected chi connectivity index (χ0v) is 22.8. The molecule has 187 valence electrons. The number of para-hydroxylation sites is 1. The smallest absolute Gasteiger partial charge is 0.125 e. The summed E-state index contributed by atoms with van der Waals surface area (Å²) in [6.07, 6.45) is 5.44. The average Bonchev–Trinajstić information content (AvgIpc) is 3.61. The van der Waals surface area contributed by atoms with Gasteiger partial charge in [0.2, 0.25) is 0 Å². The van der Waals surface area contributed by atoms with Crippen LogP contribution in [-0.4, -0.2) is 19.9 Å². The summed E-state index contributed by atoms with van der Waals surface area (Å²) >= 11 is 0. The molecule has 0 fully saturated rings. The van der Waals surface area contributed by atoms with Crippen molar-refractivity contribution in [3.8, 4) is 22.7 Å². The van der Waals surface area contributed by atoms with Crippen LogP contribution < -0.4 is 0 Å². The number of pyridine rings is 1. The van der Waals surface area contributed by atoms with Crippen molar-refractivity contribution in [2.75, 3.05) is 0 Å². The number of phenols is 1. The first-order valence-corrected chi connectivity index (χ1v) is 12.2. The topological polar surface area (TPSA) is 50.9 Å². The van der Waals surface area contributed by atoms with E-state index in [4.69, 9.17) is 0 Å². The second-order valence-corrected chi connectivity index (χ2v) is 8.78. The van der Waals surface area contributed by atoms with Gasteiger partial charge < -0.3 is 5.11 Å². The summed E-state index contributed by atoms with van der Waals surface area (Å²) in [4.78, 5) is 4.65. The molecule has 0 saturated heterocycles. The molecule has 1 aliphatic rings. The number of nitrogens with zero attached hydrogens (tertiary/aromatic N) is 3. The minimum absolute atomic E-state index is 0. The Hall–Kier alpha value is -4.31. The summed E-state index contributed by atoms with van der Waals surface area (Å²) in [5, 5.41) is 14.7. The zero-order chi connectivity index (χ0) is 25.1. The minimum atomic E-state index is -0.486. The molecule has 0 unspecified atom stereocenters. The van der Waals surface area contributed by atoms with Gasteiger partial charge >= 0.3 is 0 Å². The maximum absolute atomic E-state index is 10.7. The van der Waals surface area contributed by atoms with Crippen LogP contribution in [0.3, 0.4) is 0 Å². The number of aromatic hydroxyl groups is 1. The third kappa shape index (κ3) is 4.26. The largest absolute Gasteiger partial charge is 0.507 e. The van der Waals surface area contributed by atoms with Crippen LogP contribution in [0.4, 0.5) is 0 Å². The molecule has 38 heavy (non-hydrogen) atoms. The van der Waals surface area contributed by atoms with Crippen molar-refractivity contribution in [3.63, 3.8) is 0 Å². The second-order valence-electron chi connectivity index (χ2n) is 8.78. The van der Waals surface area contributed by atoms with Crippen LogP contribution in [0.25, 0.3) is 16.9 Å². The van der Waals surface area contributed by atoms with E-state index in [0.717, 1.165) is 28.1 Å². The first kappa shape index (κ1) is 25.3. The van der Waals surface area contributed by atoms with Crippen molar-refractivity contribution in [2.45, 2.75) is 5.41 Å². The van der Waals surface area contributed by atoms with E-state index in [-0.39, 0.29) is 25.9 Å². The maximum atomic E-state index is 10.7. The molecule has 7 rings (SSSR count). The molecule has 4 aromatic carbocycles. The van der Waals surface area contributed by atoms with Crippen LogP contribution in [0.5, 0.6) is 5.75 Å². The van der Waals surface area contributed by atoms with Gasteiger partial charge in [0, 0.05) is 44.3 Å². The molecule has 1 radical (unpaired) electrons. The van der Waals surface area contributed by atoms with Gasteiger partial charge in [0.15, 0.2) is 0 Å². The SMILES string of the molecule is Oc1cccc2c1-c1ncccc1C2(c1ccccc1)c1ccccc1.[Ir].[c-]1ccccc1-n1cccn1. The Morgan fingerprint density at radius 3 is 1.97 bits per heavy atom. The van der Waals surface area contributed by atoms with E-state index >= 15 is 0 Å². The maximum Gasteiger partial charge on any atom is 0.125 e. The molecule has 0 saturated carbocycles. The van der Waals surface area contributed by atoms with E-state index in [1.54, 1.807) is 23.1 Å². The Labute approximate surface area is 235 Å². The number of phenolic OH excluding ortho intramolecular Hbond substituents is 1. The Morgan fingerprint density at radius 1 is 0.658 bits per heavy atom. The standard InChI is InChI=1S/C24H17NO.C9H7N2.Ir/c26-21-15-7-13-19-22(21)23-20(14-8-16-25-23)24(19,17-9-3-1-4-10-17)18-11-5-2-6-12-18;1-2-5-9(6-3-1)11-8-4-7-10-11;/h1-16,26H;1-5,7-8H;/q;-1;. The van der Waals surface area contributed by atoms with Crippen LogP contribution in [0.1, 0.15) is 22.3 Å². The Balaban J connectivity index is 0.000000206. The molecule has 0 spiro atoms. The molecule has 2 heterocycles. The number of hydrogen-bond acceptors (Lipinski definition) is 3. The van der Waals surface area contributed by atoms with E-state index in [9.17, 15) is 5.11 Å². The molecule has 2 aromatic heterocycles. The summed E-state index contributed by atoms with van der Waals surface area (Å²) in [7, 11) is 0. The fourth-order valence-electron chi connectivity index (χ4n) is 5.26. The predicted molar refractivity (Wildman–Crippen MR) is 146 cm³/mol. The average molecular weight is 671 g/mol. The number of hydrogen-bond donors (Lipinski definition) is 1. The van der Waals surface area contributed by atoms with Gasteiger partial charge in [0.05, 0.1) is 11.1 Å². The summed E-state index contributed by atoms with van der Waals surface area (Å²) in [6.45, 7) is 0. The van der Waals surface area contributed by atoms with Crippen LogP contribution in [0.15, 0.2) is 140 Å². The summed E-state index contributed by atoms with van der Waals surface area (Å²) in [6, 6.07) is 43.5. The third-order valence-electron chi connectivity index (χ3n) is 6.75. The molecule has 1 N–H and O–H groups in total. The van der Waals surface area contributed by atoms with Crippen LogP contribution in [0, 0.1) is 6.07 Å². The van der Waals surface area contributed by atoms with Gasteiger partial charge in [0.1, 0.15) is 5.75 Å². The Bertz CT molecular complexity index is 1580. The second kappa shape index (κ2) is 11.0. The van der Waals surface area contributed by atoms with E-state index in [0.29, 0.717) is 0 Å². The Morgan fingerprint density at radius 2 is 1.34 bits per heavy atom. The normalized spacial score (nSPS) is 12.3. The fourth-order valence-corrected chi connectivity index (χ4v) is 5.26. The number of rotatable bonds is 3. The molecule has 4 nitrogen and oxygen atoms in total. The van der Waals surface area contributed by atoms with E-state index < -0.39 is 5.41 Å². The molecule has 5 heteroatoms. The summed E-state index contributed by atoms with van der Waals surface area (Å²) in [5.41, 5.74) is 6.69. The molecule has 0 aliphatic heterocycles. The van der Waals surface area contributed by atoms with Crippen molar-refractivity contribution in [3.05, 3.63) is 168 Å². The number of benzene rings is 4. The molecule has 6 aromatic rings. The van der Waals surface area contributed by atoms with Gasteiger partial charge in [-0.05, 0) is 46.1 Å². The van der Waals surface area contributed by atoms with Gasteiger partial charge in [-0.25, -0.2) is 0 Å². The molecule has 0 atom stereocenters. The summed E-state index contributed by atoms with van der Waals surface area (Å²) in [5.74, 6) is 0.274. The van der Waals surface area contributed by atoms with Crippen LogP contribution in [-0.2, 0) is 25.5 Å². The van der Waals surface area contributed by atoms with Crippen LogP contribution in [0.2, 0.25) is 0 Å². The number of fused-ring (bicyclic) bond motifs is 3. The molecule has 0 amide bonds. The van der Waals surface area contributed by atoms with Gasteiger partial charge in [-0.3, -0.25) is 9.67 Å². The van der Waals surface area contributed by atoms with Crippen molar-refractivity contribution in [2.24, 2.45) is 0 Å². The van der Waals surface area contributed by atoms with E-state index in [1.165, 1.54) is 11.1 Å². The quantitative estimate of drug-likeness (QED) is 0.210. The van der Waals surface area contributed by atoms with Crippen molar-refractivity contribution < 1.29 is 25.2 Å². The minimum Gasteiger partial charge on any atom is -0.507 e. The molecular weight excluding hydrogens is 647 g/mol. The van der Waals surface area contributed by atoms with E-state index in [1.807, 2.05) is 60.8 Å². The van der Waals surface area contributed by atoms with Gasteiger partial charge in [-0.2, -0.15) is 29.4 Å². The molecule has 0 bridgehead atoms. The fraction of sp³-hybridized carbons (Fsp3) is 0.0303.